The lowest BCUT2D eigenvalue weighted by molar-refractivity contribution is -0.132. The monoisotopic (exact) mass is 299 g/mol. The van der Waals surface area contributed by atoms with Gasteiger partial charge in [-0.05, 0) is 25.0 Å². The molecule has 0 aliphatic carbocycles. The summed E-state index contributed by atoms with van der Waals surface area (Å²) >= 11 is 0. The molecule has 0 N–H and O–H groups in total. The van der Waals surface area contributed by atoms with Crippen molar-refractivity contribution in [3.63, 3.8) is 0 Å². The van der Waals surface area contributed by atoms with Crippen LogP contribution in [0.4, 0.5) is 0 Å². The van der Waals surface area contributed by atoms with E-state index in [0.29, 0.717) is 43.1 Å². The maximum Gasteiger partial charge on any atom is 0.263 e. The molecule has 5 nitrogen and oxygen atoms in total. The van der Waals surface area contributed by atoms with Crippen molar-refractivity contribution >= 4 is 11.6 Å². The normalized spacial score (nSPS) is 14.5. The summed E-state index contributed by atoms with van der Waals surface area (Å²) in [6.45, 7) is 6.98. The molecule has 2 aromatic heterocycles. The first-order chi connectivity index (χ1) is 10.5. The fourth-order valence-corrected chi connectivity index (χ4v) is 2.99. The van der Waals surface area contributed by atoms with E-state index in [2.05, 4.69) is 4.98 Å². The lowest BCUT2D eigenvalue weighted by Gasteiger charge is -2.28. The number of rotatable bonds is 2. The highest BCUT2D eigenvalue weighted by Crippen LogP contribution is 2.17. The van der Waals surface area contributed by atoms with E-state index in [1.54, 1.807) is 9.30 Å². The van der Waals surface area contributed by atoms with Gasteiger partial charge in [-0.15, -0.1) is 0 Å². The summed E-state index contributed by atoms with van der Waals surface area (Å²) in [7, 11) is 0. The van der Waals surface area contributed by atoms with Crippen molar-refractivity contribution in [3.05, 3.63) is 45.5 Å². The molecule has 3 rings (SSSR count). The second-order valence-electron chi connectivity index (χ2n) is 6.37. The first kappa shape index (κ1) is 14.8. The summed E-state index contributed by atoms with van der Waals surface area (Å²) in [4.78, 5) is 31.4. The topological polar surface area (TPSA) is 54.7 Å². The van der Waals surface area contributed by atoms with Crippen LogP contribution in [0.25, 0.3) is 5.65 Å². The minimum Gasteiger partial charge on any atom is -0.338 e. The van der Waals surface area contributed by atoms with Gasteiger partial charge in [0.2, 0.25) is 5.91 Å². The van der Waals surface area contributed by atoms with Crippen LogP contribution in [-0.2, 0) is 17.8 Å². The van der Waals surface area contributed by atoms with Gasteiger partial charge in [-0.25, -0.2) is 4.98 Å². The fourth-order valence-electron chi connectivity index (χ4n) is 2.99. The molecule has 0 unspecified atom stereocenters. The summed E-state index contributed by atoms with van der Waals surface area (Å²) in [5.74, 6) is 0.446. The highest BCUT2D eigenvalue weighted by molar-refractivity contribution is 5.76. The average molecular weight is 299 g/mol. The Labute approximate surface area is 129 Å². The second kappa shape index (κ2) is 5.55. The molecule has 0 saturated heterocycles. The predicted molar refractivity (Wildman–Crippen MR) is 84.8 cm³/mol. The second-order valence-corrected chi connectivity index (χ2v) is 6.37. The van der Waals surface area contributed by atoms with Crippen molar-refractivity contribution in [1.82, 2.24) is 14.3 Å². The number of amides is 1. The van der Waals surface area contributed by atoms with E-state index in [-0.39, 0.29) is 11.5 Å². The predicted octanol–water partition coefficient (Wildman–Crippen LogP) is 1.93. The highest BCUT2D eigenvalue weighted by atomic mass is 16.2. The summed E-state index contributed by atoms with van der Waals surface area (Å²) in [6.07, 6.45) is 1.18. The Morgan fingerprint density at radius 1 is 1.36 bits per heavy atom. The molecular formula is C17H21N3O2. The molecule has 0 saturated carbocycles. The zero-order valence-corrected chi connectivity index (χ0v) is 13.3. The third-order valence-corrected chi connectivity index (χ3v) is 4.13. The Hall–Kier alpha value is -2.17. The first-order valence-electron chi connectivity index (χ1n) is 7.75. The lowest BCUT2D eigenvalue weighted by Crippen LogP contribution is -2.40. The van der Waals surface area contributed by atoms with Crippen LogP contribution in [0.5, 0.6) is 0 Å². The van der Waals surface area contributed by atoms with Crippen LogP contribution in [0, 0.1) is 12.8 Å². The first-order valence-corrected chi connectivity index (χ1v) is 7.75. The van der Waals surface area contributed by atoms with Gasteiger partial charge in [-0.2, -0.15) is 0 Å². The number of carbonyl (C=O) groups is 1. The van der Waals surface area contributed by atoms with Gasteiger partial charge in [0.1, 0.15) is 5.65 Å². The summed E-state index contributed by atoms with van der Waals surface area (Å²) < 4.78 is 1.63. The molecule has 0 bridgehead atoms. The Bertz CT molecular complexity index is 792. The van der Waals surface area contributed by atoms with Gasteiger partial charge in [0.05, 0.1) is 17.8 Å². The summed E-state index contributed by atoms with van der Waals surface area (Å²) in [6, 6.07) is 5.66. The van der Waals surface area contributed by atoms with E-state index in [4.69, 9.17) is 0 Å². The van der Waals surface area contributed by atoms with Gasteiger partial charge in [0.25, 0.3) is 5.56 Å². The van der Waals surface area contributed by atoms with Crippen molar-refractivity contribution < 1.29 is 4.79 Å². The summed E-state index contributed by atoms with van der Waals surface area (Å²) in [5.41, 5.74) is 3.01. The standard InChI is InChI=1S/C17H21N3O2/c1-11(2)9-16(21)19-8-7-14-13(10-19)17(22)20-12(3)5-4-6-15(20)18-14/h4-6,11H,7-10H2,1-3H3. The molecule has 0 fully saturated rings. The minimum atomic E-state index is -0.0415. The number of aromatic nitrogens is 2. The van der Waals surface area contributed by atoms with E-state index in [9.17, 15) is 9.59 Å². The third kappa shape index (κ3) is 2.51. The maximum absolute atomic E-state index is 12.8. The van der Waals surface area contributed by atoms with Crippen LogP contribution in [0.1, 0.15) is 37.2 Å². The van der Waals surface area contributed by atoms with Gasteiger partial charge in [-0.3, -0.25) is 14.0 Å². The molecule has 2 aromatic rings. The number of aryl methyl sites for hydroxylation is 1. The van der Waals surface area contributed by atoms with Crippen LogP contribution in [0.2, 0.25) is 0 Å². The van der Waals surface area contributed by atoms with Crippen molar-refractivity contribution in [2.45, 2.75) is 40.2 Å². The summed E-state index contributed by atoms with van der Waals surface area (Å²) in [5, 5.41) is 0. The molecule has 22 heavy (non-hydrogen) atoms. The van der Waals surface area contributed by atoms with Crippen LogP contribution < -0.4 is 5.56 Å². The van der Waals surface area contributed by atoms with Crippen LogP contribution in [-0.4, -0.2) is 26.7 Å². The van der Waals surface area contributed by atoms with Crippen molar-refractivity contribution in [3.8, 4) is 0 Å². The molecule has 1 aliphatic heterocycles. The average Bonchev–Trinajstić information content (AvgIpc) is 2.46. The number of pyridine rings is 1. The van der Waals surface area contributed by atoms with E-state index in [1.165, 1.54) is 0 Å². The Morgan fingerprint density at radius 2 is 2.14 bits per heavy atom. The molecule has 3 heterocycles. The van der Waals surface area contributed by atoms with Gasteiger partial charge in [0.15, 0.2) is 0 Å². The zero-order chi connectivity index (χ0) is 15.9. The number of fused-ring (bicyclic) bond motifs is 2. The SMILES string of the molecule is Cc1cccc2nc3c(c(=O)n12)CN(C(=O)CC(C)C)CC3. The molecule has 0 radical (unpaired) electrons. The van der Waals surface area contributed by atoms with Crippen molar-refractivity contribution in [2.75, 3.05) is 6.54 Å². The molecule has 5 heteroatoms. The van der Waals surface area contributed by atoms with Crippen LogP contribution in [0.15, 0.2) is 23.0 Å². The van der Waals surface area contributed by atoms with Gasteiger partial charge in [-0.1, -0.05) is 19.9 Å². The van der Waals surface area contributed by atoms with Crippen molar-refractivity contribution in [2.24, 2.45) is 5.92 Å². The number of hydrogen-bond acceptors (Lipinski definition) is 3. The fraction of sp³-hybridized carbons (Fsp3) is 0.471. The highest BCUT2D eigenvalue weighted by Gasteiger charge is 2.25. The van der Waals surface area contributed by atoms with Crippen LogP contribution >= 0.6 is 0 Å². The van der Waals surface area contributed by atoms with E-state index in [0.717, 1.165) is 11.4 Å². The molecule has 116 valence electrons. The largest absolute Gasteiger partial charge is 0.338 e. The molecule has 0 atom stereocenters. The Kier molecular flexibility index (Phi) is 3.72. The number of carbonyl (C=O) groups excluding carboxylic acids is 1. The zero-order valence-electron chi connectivity index (χ0n) is 13.3. The molecule has 0 spiro atoms. The van der Waals surface area contributed by atoms with E-state index >= 15 is 0 Å². The van der Waals surface area contributed by atoms with Crippen molar-refractivity contribution in [1.29, 1.82) is 0 Å². The minimum absolute atomic E-state index is 0.0415. The lowest BCUT2D eigenvalue weighted by atomic mass is 10.0. The third-order valence-electron chi connectivity index (χ3n) is 4.13. The number of hydrogen-bond donors (Lipinski definition) is 0. The Morgan fingerprint density at radius 3 is 2.86 bits per heavy atom. The Balaban J connectivity index is 2.02. The molecule has 0 aromatic carbocycles. The van der Waals surface area contributed by atoms with E-state index < -0.39 is 0 Å². The van der Waals surface area contributed by atoms with Gasteiger partial charge < -0.3 is 4.90 Å². The quantitative estimate of drug-likeness (QED) is 0.851. The molecular weight excluding hydrogens is 278 g/mol. The molecule has 1 aliphatic rings. The number of nitrogens with zero attached hydrogens (tertiary/aromatic N) is 3. The van der Waals surface area contributed by atoms with Gasteiger partial charge in [0, 0.05) is 25.1 Å². The van der Waals surface area contributed by atoms with Crippen LogP contribution in [0.3, 0.4) is 0 Å². The van der Waals surface area contributed by atoms with Gasteiger partial charge >= 0.3 is 0 Å². The molecule has 1 amide bonds. The smallest absolute Gasteiger partial charge is 0.263 e. The maximum atomic E-state index is 12.8. The van der Waals surface area contributed by atoms with E-state index in [1.807, 2.05) is 39.0 Å².